The van der Waals surface area contributed by atoms with Gasteiger partial charge < -0.3 is 4.42 Å². The molecule has 0 N–H and O–H groups in total. The molecule has 0 aliphatic rings. The first-order valence-corrected chi connectivity index (χ1v) is 5.00. The summed E-state index contributed by atoms with van der Waals surface area (Å²) in [6, 6.07) is 12.6. The molecule has 0 saturated heterocycles. The monoisotopic (exact) mass is 230 g/mol. The third-order valence-corrected chi connectivity index (χ3v) is 2.09. The molecule has 0 radical (unpaired) electrons. The molecule has 0 amide bonds. The average Bonchev–Trinajstić information content (AvgIpc) is 2.76. The maximum absolute atomic E-state index is 10.8. The van der Waals surface area contributed by atoms with Crippen LogP contribution >= 0.6 is 11.6 Å². The molecule has 2 rings (SSSR count). The van der Waals surface area contributed by atoms with Gasteiger partial charge in [0.25, 0.3) is 5.24 Å². The van der Waals surface area contributed by atoms with Gasteiger partial charge in [-0.3, -0.25) is 4.79 Å². The summed E-state index contributed by atoms with van der Waals surface area (Å²) in [5, 5.41) is -0.618. The van der Waals surface area contributed by atoms with E-state index in [0.717, 1.165) is 5.56 Å². The lowest BCUT2D eigenvalue weighted by Crippen LogP contribution is -1.81. The Hall–Kier alpha value is -1.98. The average molecular weight is 231 g/mol. The highest BCUT2D eigenvalue weighted by molar-refractivity contribution is 6.67. The molecule has 1 aromatic carbocycles. The highest BCUT2D eigenvalue weighted by atomic mass is 35.5. The van der Waals surface area contributed by atoms with Crippen molar-refractivity contribution in [2.75, 3.05) is 0 Å². The molecule has 0 fully saturated rings. The fourth-order valence-electron chi connectivity index (χ4n) is 1.17. The van der Waals surface area contributed by atoms with E-state index >= 15 is 0 Å². The molecule has 78 valence electrons. The van der Waals surface area contributed by atoms with Crippen LogP contribution in [0, 0.1) is 11.8 Å². The first-order valence-electron chi connectivity index (χ1n) is 4.62. The van der Waals surface area contributed by atoms with Gasteiger partial charge in [0, 0.05) is 5.56 Å². The van der Waals surface area contributed by atoms with Crippen molar-refractivity contribution >= 4 is 16.8 Å². The smallest absolute Gasteiger partial charge is 0.287 e. The second-order valence-corrected chi connectivity index (χ2v) is 3.40. The van der Waals surface area contributed by atoms with Gasteiger partial charge in [0.15, 0.2) is 11.5 Å². The minimum atomic E-state index is -0.618. The molecular formula is C13H7ClO2. The Morgan fingerprint density at radius 1 is 1.06 bits per heavy atom. The van der Waals surface area contributed by atoms with Crippen LogP contribution < -0.4 is 0 Å². The molecule has 0 spiro atoms. The number of hydrogen-bond donors (Lipinski definition) is 0. The van der Waals surface area contributed by atoms with Crippen LogP contribution in [0.5, 0.6) is 0 Å². The zero-order valence-electron chi connectivity index (χ0n) is 8.24. The molecule has 1 heterocycles. The van der Waals surface area contributed by atoms with Crippen molar-refractivity contribution in [3.63, 3.8) is 0 Å². The van der Waals surface area contributed by atoms with Crippen molar-refractivity contribution in [3.8, 4) is 11.8 Å². The van der Waals surface area contributed by atoms with Crippen LogP contribution in [0.2, 0.25) is 0 Å². The zero-order chi connectivity index (χ0) is 11.4. The van der Waals surface area contributed by atoms with Crippen LogP contribution in [0.25, 0.3) is 0 Å². The Labute approximate surface area is 97.8 Å². The van der Waals surface area contributed by atoms with E-state index in [1.807, 2.05) is 30.3 Å². The van der Waals surface area contributed by atoms with Crippen molar-refractivity contribution in [3.05, 3.63) is 59.5 Å². The fourth-order valence-corrected chi connectivity index (χ4v) is 1.27. The summed E-state index contributed by atoms with van der Waals surface area (Å²) < 4.78 is 5.11. The summed E-state index contributed by atoms with van der Waals surface area (Å²) in [5.41, 5.74) is 0.887. The molecular weight excluding hydrogens is 224 g/mol. The number of halogens is 1. The normalized spacial score (nSPS) is 9.31. The first-order chi connectivity index (χ1) is 7.75. The topological polar surface area (TPSA) is 30.2 Å². The predicted octanol–water partition coefficient (Wildman–Crippen LogP) is 3.06. The van der Waals surface area contributed by atoms with Crippen LogP contribution in [0.3, 0.4) is 0 Å². The van der Waals surface area contributed by atoms with E-state index in [9.17, 15) is 4.79 Å². The maximum atomic E-state index is 10.8. The molecule has 0 aliphatic carbocycles. The van der Waals surface area contributed by atoms with Crippen molar-refractivity contribution in [2.45, 2.75) is 0 Å². The second-order valence-electron chi connectivity index (χ2n) is 3.05. The number of rotatable bonds is 1. The Bertz CT molecular complexity index is 558. The SMILES string of the molecule is O=C(Cl)c1ccc(C#Cc2ccccc2)o1. The van der Waals surface area contributed by atoms with Gasteiger partial charge in [-0.2, -0.15) is 0 Å². The van der Waals surface area contributed by atoms with Crippen LogP contribution in [-0.2, 0) is 0 Å². The minimum Gasteiger partial charge on any atom is -0.443 e. The summed E-state index contributed by atoms with van der Waals surface area (Å²) in [6.07, 6.45) is 0. The molecule has 0 atom stereocenters. The molecule has 1 aromatic heterocycles. The maximum Gasteiger partial charge on any atom is 0.287 e. The van der Waals surface area contributed by atoms with E-state index < -0.39 is 5.24 Å². The molecule has 0 unspecified atom stereocenters. The van der Waals surface area contributed by atoms with Gasteiger partial charge in [-0.15, -0.1) is 0 Å². The van der Waals surface area contributed by atoms with E-state index in [1.165, 1.54) is 6.07 Å². The predicted molar refractivity (Wildman–Crippen MR) is 61.3 cm³/mol. The van der Waals surface area contributed by atoms with Gasteiger partial charge in [-0.25, -0.2) is 0 Å². The quantitative estimate of drug-likeness (QED) is 0.557. The van der Waals surface area contributed by atoms with E-state index in [1.54, 1.807) is 6.07 Å². The second kappa shape index (κ2) is 4.69. The number of carbonyl (C=O) groups is 1. The number of furan rings is 1. The molecule has 3 heteroatoms. The lowest BCUT2D eigenvalue weighted by atomic mass is 10.2. The first kappa shape index (κ1) is 10.5. The van der Waals surface area contributed by atoms with Gasteiger partial charge in [0.2, 0.25) is 0 Å². The summed E-state index contributed by atoms with van der Waals surface area (Å²) in [6.45, 7) is 0. The molecule has 2 aromatic rings. The molecule has 0 bridgehead atoms. The van der Waals surface area contributed by atoms with E-state index in [0.29, 0.717) is 5.76 Å². The Morgan fingerprint density at radius 2 is 1.81 bits per heavy atom. The van der Waals surface area contributed by atoms with E-state index in [-0.39, 0.29) is 5.76 Å². The third kappa shape index (κ3) is 2.53. The highest BCUT2D eigenvalue weighted by Crippen LogP contribution is 2.09. The lowest BCUT2D eigenvalue weighted by Gasteiger charge is -1.86. The van der Waals surface area contributed by atoms with Gasteiger partial charge in [-0.1, -0.05) is 24.1 Å². The summed E-state index contributed by atoms with van der Waals surface area (Å²) in [4.78, 5) is 10.8. The van der Waals surface area contributed by atoms with Crippen LogP contribution in [0.15, 0.2) is 46.9 Å². The minimum absolute atomic E-state index is 0.110. The van der Waals surface area contributed by atoms with Crippen molar-refractivity contribution in [1.82, 2.24) is 0 Å². The Kier molecular flexibility index (Phi) is 3.09. The zero-order valence-corrected chi connectivity index (χ0v) is 8.99. The van der Waals surface area contributed by atoms with Crippen molar-refractivity contribution < 1.29 is 9.21 Å². The van der Waals surface area contributed by atoms with E-state index in [2.05, 4.69) is 11.8 Å². The van der Waals surface area contributed by atoms with Gasteiger partial charge in [0.05, 0.1) is 0 Å². The summed E-state index contributed by atoms with van der Waals surface area (Å²) >= 11 is 5.25. The summed E-state index contributed by atoms with van der Waals surface area (Å²) in [7, 11) is 0. The molecule has 0 aliphatic heterocycles. The summed E-state index contributed by atoms with van der Waals surface area (Å²) in [5.74, 6) is 6.26. The van der Waals surface area contributed by atoms with E-state index in [4.69, 9.17) is 16.0 Å². The molecule has 2 nitrogen and oxygen atoms in total. The van der Waals surface area contributed by atoms with Gasteiger partial charge >= 0.3 is 0 Å². The van der Waals surface area contributed by atoms with Gasteiger partial charge in [-0.05, 0) is 41.8 Å². The highest BCUT2D eigenvalue weighted by Gasteiger charge is 2.05. The number of hydrogen-bond acceptors (Lipinski definition) is 2. The van der Waals surface area contributed by atoms with Crippen LogP contribution in [-0.4, -0.2) is 5.24 Å². The third-order valence-electron chi connectivity index (χ3n) is 1.90. The largest absolute Gasteiger partial charge is 0.443 e. The lowest BCUT2D eigenvalue weighted by molar-refractivity contribution is 0.105. The number of benzene rings is 1. The molecule has 0 saturated carbocycles. The van der Waals surface area contributed by atoms with Crippen molar-refractivity contribution in [1.29, 1.82) is 0 Å². The van der Waals surface area contributed by atoms with Crippen LogP contribution in [0.1, 0.15) is 21.9 Å². The van der Waals surface area contributed by atoms with Crippen molar-refractivity contribution in [2.24, 2.45) is 0 Å². The Balaban J connectivity index is 2.21. The van der Waals surface area contributed by atoms with Crippen LogP contribution in [0.4, 0.5) is 0 Å². The fraction of sp³-hybridized carbons (Fsp3) is 0. The number of carbonyl (C=O) groups excluding carboxylic acids is 1. The van der Waals surface area contributed by atoms with Gasteiger partial charge in [0.1, 0.15) is 0 Å². The Morgan fingerprint density at radius 3 is 2.44 bits per heavy atom. The molecule has 16 heavy (non-hydrogen) atoms. The standard InChI is InChI=1S/C13H7ClO2/c14-13(15)12-9-8-11(16-12)7-6-10-4-2-1-3-5-10/h1-5,8-9H.